The van der Waals surface area contributed by atoms with Crippen LogP contribution in [0.3, 0.4) is 0 Å². The van der Waals surface area contributed by atoms with Crippen LogP contribution in [0.1, 0.15) is 18.9 Å². The summed E-state index contributed by atoms with van der Waals surface area (Å²) < 4.78 is 37.5. The molecule has 3 atom stereocenters. The summed E-state index contributed by atoms with van der Waals surface area (Å²) in [6, 6.07) is 9.34. The Kier molecular flexibility index (Phi) is 4.50. The second-order valence-electron chi connectivity index (χ2n) is 4.73. The smallest absolute Gasteiger partial charge is 0.281 e. The summed E-state index contributed by atoms with van der Waals surface area (Å²) >= 11 is 0. The number of aliphatic hydroxyl groups is 1. The highest BCUT2D eigenvalue weighted by atomic mass is 19.3. The lowest BCUT2D eigenvalue weighted by atomic mass is 9.94. The number of alkyl halides is 2. The maximum absolute atomic E-state index is 13.7. The zero-order valence-corrected chi connectivity index (χ0v) is 10.8. The first-order chi connectivity index (χ1) is 9.04. The van der Waals surface area contributed by atoms with E-state index in [2.05, 4.69) is 4.74 Å². The van der Waals surface area contributed by atoms with Gasteiger partial charge < -0.3 is 14.6 Å². The number of ether oxygens (including phenoxy) is 2. The summed E-state index contributed by atoms with van der Waals surface area (Å²) in [7, 11) is 0. The van der Waals surface area contributed by atoms with Gasteiger partial charge in [0.1, 0.15) is 12.5 Å². The van der Waals surface area contributed by atoms with Crippen molar-refractivity contribution in [3.63, 3.8) is 0 Å². The van der Waals surface area contributed by atoms with Gasteiger partial charge in [0.2, 0.25) is 0 Å². The molecule has 5 heteroatoms. The minimum absolute atomic E-state index is 0.249. The summed E-state index contributed by atoms with van der Waals surface area (Å²) in [5.74, 6) is -4.35. The zero-order valence-electron chi connectivity index (χ0n) is 10.8. The Bertz CT molecular complexity index is 397. The molecule has 1 unspecified atom stereocenters. The first kappa shape index (κ1) is 14.4. The van der Waals surface area contributed by atoms with Crippen molar-refractivity contribution in [1.29, 1.82) is 0 Å². The molecular formula is C14H18F2O3. The van der Waals surface area contributed by atoms with Crippen LogP contribution in [0.25, 0.3) is 0 Å². The van der Waals surface area contributed by atoms with E-state index in [9.17, 15) is 13.9 Å². The third kappa shape index (κ3) is 3.29. The summed E-state index contributed by atoms with van der Waals surface area (Å²) in [6.07, 6.45) is -1.79. The fraction of sp³-hybridized carbons (Fsp3) is 0.571. The van der Waals surface area contributed by atoms with E-state index < -0.39 is 30.8 Å². The third-order valence-electron chi connectivity index (χ3n) is 3.35. The standard InChI is InChI=1S/C14H18F2O3/c1-2-11(12-13(17)19-9-14(12,15)16)18-8-10-6-4-3-5-7-10/h3-7,11-13,17H,2,8-9H2,1H3/t11-,12-,13?/m0/s1. The van der Waals surface area contributed by atoms with Gasteiger partial charge in [0, 0.05) is 0 Å². The predicted octanol–water partition coefficient (Wildman–Crippen LogP) is 2.58. The molecular weight excluding hydrogens is 254 g/mol. The molecule has 0 aliphatic carbocycles. The van der Waals surface area contributed by atoms with E-state index in [1.807, 2.05) is 30.3 Å². The maximum Gasteiger partial charge on any atom is 0.281 e. The average molecular weight is 272 g/mol. The molecule has 2 rings (SSSR count). The molecule has 1 aromatic carbocycles. The molecule has 1 fully saturated rings. The lowest BCUT2D eigenvalue weighted by molar-refractivity contribution is -0.146. The van der Waals surface area contributed by atoms with E-state index >= 15 is 0 Å². The maximum atomic E-state index is 13.7. The highest BCUT2D eigenvalue weighted by Crippen LogP contribution is 2.39. The number of hydrogen-bond acceptors (Lipinski definition) is 3. The average Bonchev–Trinajstić information content (AvgIpc) is 2.67. The Hall–Kier alpha value is -1.04. The van der Waals surface area contributed by atoms with Crippen molar-refractivity contribution in [2.45, 2.75) is 38.3 Å². The van der Waals surface area contributed by atoms with Gasteiger partial charge >= 0.3 is 0 Å². The third-order valence-corrected chi connectivity index (χ3v) is 3.35. The van der Waals surface area contributed by atoms with Crippen LogP contribution in [-0.4, -0.2) is 30.0 Å². The van der Waals surface area contributed by atoms with E-state index in [1.54, 1.807) is 6.92 Å². The highest BCUT2D eigenvalue weighted by Gasteiger charge is 2.54. The van der Waals surface area contributed by atoms with Gasteiger partial charge in [-0.15, -0.1) is 0 Å². The molecule has 1 aromatic rings. The van der Waals surface area contributed by atoms with Gasteiger partial charge in [-0.05, 0) is 12.0 Å². The van der Waals surface area contributed by atoms with Crippen LogP contribution in [0, 0.1) is 5.92 Å². The molecule has 0 saturated carbocycles. The molecule has 3 nitrogen and oxygen atoms in total. The van der Waals surface area contributed by atoms with Crippen LogP contribution in [0.15, 0.2) is 30.3 Å². The summed E-state index contributed by atoms with van der Waals surface area (Å²) in [5.41, 5.74) is 0.915. The van der Waals surface area contributed by atoms with Crippen LogP contribution >= 0.6 is 0 Å². The molecule has 0 aromatic heterocycles. The second kappa shape index (κ2) is 5.94. The summed E-state index contributed by atoms with van der Waals surface area (Å²) in [5, 5.41) is 9.54. The molecule has 1 N–H and O–H groups in total. The van der Waals surface area contributed by atoms with Crippen LogP contribution in [0.4, 0.5) is 8.78 Å². The minimum Gasteiger partial charge on any atom is -0.373 e. The number of aliphatic hydroxyl groups excluding tert-OH is 1. The second-order valence-corrected chi connectivity index (χ2v) is 4.73. The normalized spacial score (nSPS) is 27.4. The van der Waals surface area contributed by atoms with Crippen molar-refractivity contribution < 1.29 is 23.4 Å². The predicted molar refractivity (Wildman–Crippen MR) is 65.7 cm³/mol. The van der Waals surface area contributed by atoms with Crippen LogP contribution in [0.5, 0.6) is 0 Å². The zero-order chi connectivity index (χ0) is 13.9. The molecule has 0 radical (unpaired) electrons. The van der Waals surface area contributed by atoms with Crippen LogP contribution in [-0.2, 0) is 16.1 Å². The number of rotatable bonds is 5. The summed E-state index contributed by atoms with van der Waals surface area (Å²) in [6.45, 7) is 1.26. The van der Waals surface area contributed by atoms with E-state index in [4.69, 9.17) is 4.74 Å². The van der Waals surface area contributed by atoms with Crippen molar-refractivity contribution in [3.8, 4) is 0 Å². The topological polar surface area (TPSA) is 38.7 Å². The van der Waals surface area contributed by atoms with Gasteiger partial charge in [0.25, 0.3) is 5.92 Å². The SMILES string of the molecule is CC[C@H](OCc1ccccc1)[C@H]1C(O)OCC1(F)F. The van der Waals surface area contributed by atoms with Crippen molar-refractivity contribution in [3.05, 3.63) is 35.9 Å². The van der Waals surface area contributed by atoms with Gasteiger partial charge in [0.15, 0.2) is 6.29 Å². The van der Waals surface area contributed by atoms with Crippen molar-refractivity contribution in [2.24, 2.45) is 5.92 Å². The molecule has 1 heterocycles. The first-order valence-electron chi connectivity index (χ1n) is 6.37. The van der Waals surface area contributed by atoms with E-state index in [0.29, 0.717) is 6.42 Å². The van der Waals surface area contributed by atoms with Gasteiger partial charge in [-0.3, -0.25) is 0 Å². The van der Waals surface area contributed by atoms with E-state index in [0.717, 1.165) is 5.56 Å². The van der Waals surface area contributed by atoms with Crippen molar-refractivity contribution in [2.75, 3.05) is 6.61 Å². The Morgan fingerprint density at radius 3 is 2.63 bits per heavy atom. The molecule has 1 saturated heterocycles. The summed E-state index contributed by atoms with van der Waals surface area (Å²) in [4.78, 5) is 0. The van der Waals surface area contributed by atoms with E-state index in [1.165, 1.54) is 0 Å². The Balaban J connectivity index is 2.00. The lowest BCUT2D eigenvalue weighted by Crippen LogP contribution is -2.40. The highest BCUT2D eigenvalue weighted by molar-refractivity contribution is 5.13. The fourth-order valence-corrected chi connectivity index (χ4v) is 2.31. The number of benzene rings is 1. The van der Waals surface area contributed by atoms with Gasteiger partial charge in [-0.1, -0.05) is 37.3 Å². The van der Waals surface area contributed by atoms with Crippen molar-refractivity contribution >= 4 is 0 Å². The lowest BCUT2D eigenvalue weighted by Gasteiger charge is -2.27. The molecule has 0 bridgehead atoms. The number of hydrogen-bond donors (Lipinski definition) is 1. The Morgan fingerprint density at radius 1 is 1.42 bits per heavy atom. The molecule has 19 heavy (non-hydrogen) atoms. The van der Waals surface area contributed by atoms with Gasteiger partial charge in [-0.25, -0.2) is 8.78 Å². The molecule has 0 spiro atoms. The van der Waals surface area contributed by atoms with Crippen molar-refractivity contribution in [1.82, 2.24) is 0 Å². The molecule has 1 aliphatic heterocycles. The fourth-order valence-electron chi connectivity index (χ4n) is 2.31. The largest absolute Gasteiger partial charge is 0.373 e. The Morgan fingerprint density at radius 2 is 2.11 bits per heavy atom. The van der Waals surface area contributed by atoms with Gasteiger partial charge in [0.05, 0.1) is 12.7 Å². The number of halogens is 2. The molecule has 0 amide bonds. The van der Waals surface area contributed by atoms with E-state index in [-0.39, 0.29) is 6.61 Å². The molecule has 106 valence electrons. The monoisotopic (exact) mass is 272 g/mol. The minimum atomic E-state index is -3.04. The Labute approximate surface area is 111 Å². The first-order valence-corrected chi connectivity index (χ1v) is 6.37. The molecule has 1 aliphatic rings. The quantitative estimate of drug-likeness (QED) is 0.895. The van der Waals surface area contributed by atoms with Crippen LogP contribution in [0.2, 0.25) is 0 Å². The van der Waals surface area contributed by atoms with Crippen LogP contribution < -0.4 is 0 Å². The van der Waals surface area contributed by atoms with Gasteiger partial charge in [-0.2, -0.15) is 0 Å².